The second-order valence-corrected chi connectivity index (χ2v) is 7.89. The molecule has 2 heterocycles. The zero-order valence-corrected chi connectivity index (χ0v) is 17.8. The normalized spacial score (nSPS) is 18.5. The van der Waals surface area contributed by atoms with Gasteiger partial charge in [0.1, 0.15) is 17.2 Å². The van der Waals surface area contributed by atoms with E-state index >= 15 is 0 Å². The molecule has 0 atom stereocenters. The monoisotopic (exact) mass is 408 g/mol. The van der Waals surface area contributed by atoms with Crippen LogP contribution < -0.4 is 9.47 Å². The Labute approximate surface area is 177 Å². The standard InChI is InChI=1S/C24H28N2O4/c1-4-29-20-8-6-5-7-17(20)14-21-23(28)22-16(2)13-19(27)18(24(22)30-21)15-26-11-9-25(3)10-12-26/h5-8,13-14,27H,4,9-12,15H2,1-3H3/b21-14-. The van der Waals surface area contributed by atoms with Gasteiger partial charge in [0, 0.05) is 38.3 Å². The van der Waals surface area contributed by atoms with Crippen molar-refractivity contribution in [3.63, 3.8) is 0 Å². The first-order valence-electron chi connectivity index (χ1n) is 10.4. The van der Waals surface area contributed by atoms with Gasteiger partial charge in [-0.2, -0.15) is 0 Å². The molecule has 0 unspecified atom stereocenters. The summed E-state index contributed by atoms with van der Waals surface area (Å²) in [6.45, 7) is 8.63. The van der Waals surface area contributed by atoms with Gasteiger partial charge in [-0.3, -0.25) is 9.69 Å². The van der Waals surface area contributed by atoms with Crippen LogP contribution in [0.4, 0.5) is 0 Å². The topological polar surface area (TPSA) is 62.2 Å². The minimum Gasteiger partial charge on any atom is -0.507 e. The maximum absolute atomic E-state index is 13.2. The molecule has 2 aliphatic rings. The fraction of sp³-hybridized carbons (Fsp3) is 0.375. The van der Waals surface area contributed by atoms with Crippen molar-refractivity contribution in [2.75, 3.05) is 39.8 Å². The third-order valence-electron chi connectivity index (χ3n) is 5.70. The number of aromatic hydroxyl groups is 1. The minimum atomic E-state index is -0.159. The highest BCUT2D eigenvalue weighted by molar-refractivity contribution is 6.16. The van der Waals surface area contributed by atoms with E-state index in [1.807, 2.05) is 38.1 Å². The van der Waals surface area contributed by atoms with E-state index in [0.29, 0.717) is 35.8 Å². The van der Waals surface area contributed by atoms with Gasteiger partial charge < -0.3 is 19.5 Å². The van der Waals surface area contributed by atoms with Crippen LogP contribution in [0, 0.1) is 6.92 Å². The fourth-order valence-electron chi connectivity index (χ4n) is 3.99. The summed E-state index contributed by atoms with van der Waals surface area (Å²) in [5, 5.41) is 10.6. The van der Waals surface area contributed by atoms with Crippen LogP contribution in [0.25, 0.3) is 6.08 Å². The number of phenols is 1. The van der Waals surface area contributed by atoms with Gasteiger partial charge in [0.25, 0.3) is 0 Å². The molecule has 158 valence electrons. The first-order valence-corrected chi connectivity index (χ1v) is 10.4. The van der Waals surface area contributed by atoms with Gasteiger partial charge in [-0.1, -0.05) is 18.2 Å². The molecule has 0 spiro atoms. The van der Waals surface area contributed by atoms with E-state index < -0.39 is 0 Å². The van der Waals surface area contributed by atoms with Gasteiger partial charge in [0.05, 0.1) is 17.7 Å². The molecule has 4 rings (SSSR count). The molecule has 0 aromatic heterocycles. The third kappa shape index (κ3) is 3.93. The van der Waals surface area contributed by atoms with Crippen molar-refractivity contribution < 1.29 is 19.4 Å². The van der Waals surface area contributed by atoms with Crippen LogP contribution in [0.1, 0.15) is 34.0 Å². The molecule has 1 saturated heterocycles. The summed E-state index contributed by atoms with van der Waals surface area (Å²) < 4.78 is 11.7. The Morgan fingerprint density at radius 2 is 1.93 bits per heavy atom. The number of aryl methyl sites for hydroxylation is 1. The Morgan fingerprint density at radius 3 is 2.67 bits per heavy atom. The number of hydrogen-bond donors (Lipinski definition) is 1. The first-order chi connectivity index (χ1) is 14.5. The number of rotatable bonds is 5. The van der Waals surface area contributed by atoms with E-state index in [9.17, 15) is 9.90 Å². The second-order valence-electron chi connectivity index (χ2n) is 7.89. The summed E-state index contributed by atoms with van der Waals surface area (Å²) in [6.07, 6.45) is 1.73. The summed E-state index contributed by atoms with van der Waals surface area (Å²) in [7, 11) is 2.11. The van der Waals surface area contributed by atoms with E-state index in [-0.39, 0.29) is 17.3 Å². The van der Waals surface area contributed by atoms with Crippen LogP contribution in [0.5, 0.6) is 17.2 Å². The van der Waals surface area contributed by atoms with Crippen LogP contribution in [0.15, 0.2) is 36.1 Å². The number of ether oxygens (including phenoxy) is 2. The van der Waals surface area contributed by atoms with E-state index in [0.717, 1.165) is 37.3 Å². The summed E-state index contributed by atoms with van der Waals surface area (Å²) in [5.41, 5.74) is 2.72. The lowest BCUT2D eigenvalue weighted by molar-refractivity contribution is 0.101. The summed E-state index contributed by atoms with van der Waals surface area (Å²) >= 11 is 0. The Balaban J connectivity index is 1.68. The maximum atomic E-state index is 13.2. The largest absolute Gasteiger partial charge is 0.507 e. The summed E-state index contributed by atoms with van der Waals surface area (Å²) in [4.78, 5) is 17.7. The molecule has 1 N–H and O–H groups in total. The predicted molar refractivity (Wildman–Crippen MR) is 116 cm³/mol. The molecule has 0 aliphatic carbocycles. The number of benzene rings is 2. The molecular formula is C24H28N2O4. The number of para-hydroxylation sites is 1. The molecule has 0 bridgehead atoms. The highest BCUT2D eigenvalue weighted by Crippen LogP contribution is 2.42. The number of allylic oxidation sites excluding steroid dienone is 1. The Morgan fingerprint density at radius 1 is 1.20 bits per heavy atom. The maximum Gasteiger partial charge on any atom is 0.232 e. The lowest BCUT2D eigenvalue weighted by atomic mass is 9.99. The number of hydrogen-bond acceptors (Lipinski definition) is 6. The highest BCUT2D eigenvalue weighted by Gasteiger charge is 2.34. The number of carbonyl (C=O) groups excluding carboxylic acids is 1. The van der Waals surface area contributed by atoms with Gasteiger partial charge in [-0.25, -0.2) is 0 Å². The Kier molecular flexibility index (Phi) is 5.79. The second kappa shape index (κ2) is 8.50. The van der Waals surface area contributed by atoms with Crippen LogP contribution in [-0.2, 0) is 6.54 Å². The van der Waals surface area contributed by atoms with E-state index in [4.69, 9.17) is 9.47 Å². The average Bonchev–Trinajstić information content (AvgIpc) is 3.05. The van der Waals surface area contributed by atoms with Crippen molar-refractivity contribution in [2.24, 2.45) is 0 Å². The van der Waals surface area contributed by atoms with Gasteiger partial charge in [0.15, 0.2) is 5.76 Å². The van der Waals surface area contributed by atoms with E-state index in [2.05, 4.69) is 16.8 Å². The average molecular weight is 408 g/mol. The molecule has 0 saturated carbocycles. The molecule has 2 aromatic carbocycles. The van der Waals surface area contributed by atoms with Crippen molar-refractivity contribution in [1.29, 1.82) is 0 Å². The fourth-order valence-corrected chi connectivity index (χ4v) is 3.99. The number of likely N-dealkylation sites (N-methyl/N-ethyl adjacent to an activating group) is 1. The number of piperazine rings is 1. The smallest absolute Gasteiger partial charge is 0.232 e. The zero-order valence-electron chi connectivity index (χ0n) is 17.8. The van der Waals surface area contributed by atoms with Gasteiger partial charge in [0.2, 0.25) is 5.78 Å². The molecule has 1 fully saturated rings. The van der Waals surface area contributed by atoms with Crippen LogP contribution >= 0.6 is 0 Å². The number of nitrogens with zero attached hydrogens (tertiary/aromatic N) is 2. The van der Waals surface area contributed by atoms with Crippen LogP contribution in [0.2, 0.25) is 0 Å². The molecule has 6 nitrogen and oxygen atoms in total. The number of ketones is 1. The number of phenolic OH excluding ortho intramolecular Hbond substituents is 1. The minimum absolute atomic E-state index is 0.159. The third-order valence-corrected chi connectivity index (χ3v) is 5.70. The molecule has 30 heavy (non-hydrogen) atoms. The number of carbonyl (C=O) groups is 1. The van der Waals surface area contributed by atoms with Gasteiger partial charge in [-0.05, 0) is 44.7 Å². The molecule has 2 aliphatic heterocycles. The van der Waals surface area contributed by atoms with Gasteiger partial charge in [-0.15, -0.1) is 0 Å². The lowest BCUT2D eigenvalue weighted by Gasteiger charge is -2.32. The van der Waals surface area contributed by atoms with Crippen molar-refractivity contribution in [3.05, 3.63) is 58.3 Å². The van der Waals surface area contributed by atoms with Crippen molar-refractivity contribution in [1.82, 2.24) is 9.80 Å². The number of Topliss-reactive ketones (excluding diaryl/α,β-unsaturated/α-hetero) is 1. The number of fused-ring (bicyclic) bond motifs is 1. The van der Waals surface area contributed by atoms with Crippen molar-refractivity contribution in [2.45, 2.75) is 20.4 Å². The summed E-state index contributed by atoms with van der Waals surface area (Å²) in [6, 6.07) is 9.24. The lowest BCUT2D eigenvalue weighted by Crippen LogP contribution is -2.43. The van der Waals surface area contributed by atoms with Crippen molar-refractivity contribution in [3.8, 4) is 17.2 Å². The molecular weight excluding hydrogens is 380 g/mol. The molecule has 0 radical (unpaired) electrons. The summed E-state index contributed by atoms with van der Waals surface area (Å²) in [5.74, 6) is 1.46. The molecule has 0 amide bonds. The zero-order chi connectivity index (χ0) is 21.3. The van der Waals surface area contributed by atoms with Gasteiger partial charge >= 0.3 is 0 Å². The van der Waals surface area contributed by atoms with Crippen LogP contribution in [-0.4, -0.2) is 60.5 Å². The quantitative estimate of drug-likeness (QED) is 0.765. The highest BCUT2D eigenvalue weighted by atomic mass is 16.5. The van der Waals surface area contributed by atoms with E-state index in [1.54, 1.807) is 12.1 Å². The van der Waals surface area contributed by atoms with Crippen molar-refractivity contribution >= 4 is 11.9 Å². The first kappa shape index (κ1) is 20.4. The molecule has 2 aromatic rings. The SMILES string of the molecule is CCOc1ccccc1/C=C1\Oc2c(CN3CCN(C)CC3)c(O)cc(C)c2C1=O. The Hall–Kier alpha value is -2.83. The predicted octanol–water partition coefficient (Wildman–Crippen LogP) is 3.46. The Bertz CT molecular complexity index is 991. The van der Waals surface area contributed by atoms with E-state index in [1.165, 1.54) is 0 Å². The van der Waals surface area contributed by atoms with Crippen LogP contribution in [0.3, 0.4) is 0 Å². The molecule has 6 heteroatoms.